The number of alkyl carbamates (subject to hydrolysis) is 1. The second-order valence-electron chi connectivity index (χ2n) is 9.71. The van der Waals surface area contributed by atoms with Crippen molar-refractivity contribution in [2.45, 2.75) is 76.7 Å². The van der Waals surface area contributed by atoms with E-state index in [1.165, 1.54) is 23.3 Å². The minimum absolute atomic E-state index is 0.0536. The van der Waals surface area contributed by atoms with Gasteiger partial charge in [-0.3, -0.25) is 0 Å². The molecule has 3 N–H and O–H groups in total. The molecule has 0 saturated carbocycles. The van der Waals surface area contributed by atoms with Crippen LogP contribution in [-0.4, -0.2) is 35.5 Å². The Bertz CT molecular complexity index is 925. The number of carbonyl (C=O) groups excluding carboxylic acids is 1. The van der Waals surface area contributed by atoms with Crippen LogP contribution in [0.3, 0.4) is 0 Å². The first-order chi connectivity index (χ1) is 15.6. The summed E-state index contributed by atoms with van der Waals surface area (Å²) in [5.74, 6) is -1.41. The Kier molecular flexibility index (Phi) is 8.43. The minimum Gasteiger partial charge on any atom is -0.444 e. The summed E-state index contributed by atoms with van der Waals surface area (Å²) in [5.41, 5.74) is 2.16. The number of benzene rings is 2. The number of hydrogen-bond acceptors (Lipinski definition) is 4. The summed E-state index contributed by atoms with van der Waals surface area (Å²) in [6, 6.07) is 10.8. The Morgan fingerprint density at radius 3 is 2.55 bits per heavy atom. The first-order valence-corrected chi connectivity index (χ1v) is 11.5. The Hall–Kier alpha value is -2.51. The van der Waals surface area contributed by atoms with Gasteiger partial charge in [0.2, 0.25) is 0 Å². The first kappa shape index (κ1) is 25.1. The standard InChI is InChI=1S/C26H34F2N2O3/c1-26(2,3)33-25(32)30-23(14-17-12-19(27)15-20(28)13-17)24(31)16-29-22-11-7-5-9-18-8-4-6-10-21(18)22/h4,6,8,10,12-13,15,22-24,29,31H,5,7,9,11,14,16H2,1-3H3,(H,30,32)/t22?,23-,24+/m0/s1. The largest absolute Gasteiger partial charge is 0.444 e. The van der Waals surface area contributed by atoms with E-state index in [2.05, 4.69) is 22.8 Å². The van der Waals surface area contributed by atoms with Crippen LogP contribution in [0.2, 0.25) is 0 Å². The third kappa shape index (κ3) is 7.79. The van der Waals surface area contributed by atoms with Crippen LogP contribution in [0.5, 0.6) is 0 Å². The first-order valence-electron chi connectivity index (χ1n) is 11.5. The Balaban J connectivity index is 1.72. The monoisotopic (exact) mass is 460 g/mol. The van der Waals surface area contributed by atoms with Gasteiger partial charge in [0.25, 0.3) is 0 Å². The highest BCUT2D eigenvalue weighted by atomic mass is 19.1. The van der Waals surface area contributed by atoms with Gasteiger partial charge in [-0.25, -0.2) is 13.6 Å². The normalized spacial score (nSPS) is 18.1. The molecule has 1 aliphatic carbocycles. The fourth-order valence-corrected chi connectivity index (χ4v) is 4.26. The summed E-state index contributed by atoms with van der Waals surface area (Å²) in [6.45, 7) is 5.43. The number of rotatable bonds is 7. The maximum absolute atomic E-state index is 13.7. The summed E-state index contributed by atoms with van der Waals surface area (Å²) in [4.78, 5) is 12.4. The minimum atomic E-state index is -1.00. The third-order valence-electron chi connectivity index (χ3n) is 5.74. The van der Waals surface area contributed by atoms with Gasteiger partial charge in [0.05, 0.1) is 12.1 Å². The maximum atomic E-state index is 13.7. The van der Waals surface area contributed by atoms with Crippen LogP contribution in [-0.2, 0) is 17.6 Å². The zero-order valence-corrected chi connectivity index (χ0v) is 19.5. The quantitative estimate of drug-likeness (QED) is 0.518. The summed E-state index contributed by atoms with van der Waals surface area (Å²) in [6.07, 6.45) is 2.53. The van der Waals surface area contributed by atoms with E-state index in [0.717, 1.165) is 31.7 Å². The van der Waals surface area contributed by atoms with E-state index in [9.17, 15) is 18.7 Å². The van der Waals surface area contributed by atoms with Crippen molar-refractivity contribution in [3.05, 3.63) is 70.8 Å². The molecule has 0 bridgehead atoms. The van der Waals surface area contributed by atoms with Gasteiger partial charge in [0.1, 0.15) is 17.2 Å². The number of nitrogens with one attached hydrogen (secondary N) is 2. The Labute approximate surface area is 194 Å². The highest BCUT2D eigenvalue weighted by Crippen LogP contribution is 2.28. The van der Waals surface area contributed by atoms with Crippen LogP contribution in [0.4, 0.5) is 13.6 Å². The lowest BCUT2D eigenvalue weighted by molar-refractivity contribution is 0.0419. The van der Waals surface area contributed by atoms with E-state index in [1.807, 2.05) is 12.1 Å². The summed E-state index contributed by atoms with van der Waals surface area (Å²) in [7, 11) is 0. The Morgan fingerprint density at radius 1 is 1.15 bits per heavy atom. The molecule has 0 fully saturated rings. The lowest BCUT2D eigenvalue weighted by Crippen LogP contribution is -2.50. The summed E-state index contributed by atoms with van der Waals surface area (Å²) >= 11 is 0. The van der Waals surface area contributed by atoms with Gasteiger partial charge in [-0.1, -0.05) is 30.7 Å². The van der Waals surface area contributed by atoms with Gasteiger partial charge in [0, 0.05) is 18.7 Å². The van der Waals surface area contributed by atoms with E-state index in [4.69, 9.17) is 4.74 Å². The number of carbonyl (C=O) groups is 1. The number of ether oxygens (including phenoxy) is 1. The molecule has 1 amide bonds. The molecule has 33 heavy (non-hydrogen) atoms. The molecule has 1 unspecified atom stereocenters. The van der Waals surface area contributed by atoms with Crippen molar-refractivity contribution in [1.82, 2.24) is 10.6 Å². The SMILES string of the molecule is CC(C)(C)OC(=O)N[C@@H](Cc1cc(F)cc(F)c1)[C@H](O)CNC1CCCCc2ccccc21. The second-order valence-corrected chi connectivity index (χ2v) is 9.71. The van der Waals surface area contributed by atoms with E-state index >= 15 is 0 Å². The van der Waals surface area contributed by atoms with Crippen molar-refractivity contribution < 1.29 is 23.4 Å². The fourth-order valence-electron chi connectivity index (χ4n) is 4.26. The van der Waals surface area contributed by atoms with Gasteiger partial charge in [-0.05, 0) is 75.3 Å². The molecule has 3 atom stereocenters. The number of halogens is 2. The van der Waals surface area contributed by atoms with E-state index in [1.54, 1.807) is 20.8 Å². The van der Waals surface area contributed by atoms with Gasteiger partial charge in [-0.2, -0.15) is 0 Å². The van der Waals surface area contributed by atoms with Crippen molar-refractivity contribution in [2.75, 3.05) is 6.54 Å². The molecule has 5 nitrogen and oxygen atoms in total. The van der Waals surface area contributed by atoms with Crippen molar-refractivity contribution >= 4 is 6.09 Å². The third-order valence-corrected chi connectivity index (χ3v) is 5.74. The number of hydrogen-bond donors (Lipinski definition) is 3. The second kappa shape index (κ2) is 11.1. The average molecular weight is 461 g/mol. The van der Waals surface area contributed by atoms with Crippen molar-refractivity contribution in [3.63, 3.8) is 0 Å². The molecule has 0 spiro atoms. The number of fused-ring (bicyclic) bond motifs is 1. The van der Waals surface area contributed by atoms with Gasteiger partial charge < -0.3 is 20.5 Å². The average Bonchev–Trinajstić information content (AvgIpc) is 2.91. The highest BCUT2D eigenvalue weighted by molar-refractivity contribution is 5.68. The number of aliphatic hydroxyl groups excluding tert-OH is 1. The fraction of sp³-hybridized carbons (Fsp3) is 0.500. The van der Waals surface area contributed by atoms with Gasteiger partial charge in [-0.15, -0.1) is 0 Å². The predicted octanol–water partition coefficient (Wildman–Crippen LogP) is 4.82. The molecule has 0 aliphatic heterocycles. The van der Waals surface area contributed by atoms with E-state index < -0.39 is 35.5 Å². The molecule has 7 heteroatoms. The molecule has 3 rings (SSSR count). The topological polar surface area (TPSA) is 70.6 Å². The highest BCUT2D eigenvalue weighted by Gasteiger charge is 2.27. The van der Waals surface area contributed by atoms with E-state index in [-0.39, 0.29) is 19.0 Å². The molecule has 2 aromatic rings. The van der Waals surface area contributed by atoms with Crippen LogP contribution in [0.25, 0.3) is 0 Å². The van der Waals surface area contributed by atoms with Gasteiger partial charge >= 0.3 is 6.09 Å². The van der Waals surface area contributed by atoms with Crippen LogP contribution >= 0.6 is 0 Å². The van der Waals surface area contributed by atoms with Crippen molar-refractivity contribution in [3.8, 4) is 0 Å². The molecular formula is C26H34F2N2O3. The molecule has 0 saturated heterocycles. The molecule has 0 heterocycles. The lowest BCUT2D eigenvalue weighted by atomic mass is 9.97. The molecule has 180 valence electrons. The van der Waals surface area contributed by atoms with Crippen LogP contribution in [0.15, 0.2) is 42.5 Å². The van der Waals surface area contributed by atoms with Gasteiger partial charge in [0.15, 0.2) is 0 Å². The number of aliphatic hydroxyl groups is 1. The zero-order chi connectivity index (χ0) is 24.0. The summed E-state index contributed by atoms with van der Waals surface area (Å²) < 4.78 is 32.7. The molecular weight excluding hydrogens is 426 g/mol. The van der Waals surface area contributed by atoms with Crippen LogP contribution < -0.4 is 10.6 Å². The molecule has 0 radical (unpaired) electrons. The van der Waals surface area contributed by atoms with E-state index in [0.29, 0.717) is 5.56 Å². The van der Waals surface area contributed by atoms with Crippen LogP contribution in [0, 0.1) is 11.6 Å². The Morgan fingerprint density at radius 2 is 1.85 bits per heavy atom. The smallest absolute Gasteiger partial charge is 0.407 e. The number of amides is 1. The predicted molar refractivity (Wildman–Crippen MR) is 124 cm³/mol. The lowest BCUT2D eigenvalue weighted by Gasteiger charge is -2.28. The maximum Gasteiger partial charge on any atom is 0.407 e. The molecule has 2 aromatic carbocycles. The van der Waals surface area contributed by atoms with Crippen LogP contribution in [0.1, 0.15) is 62.8 Å². The molecule has 0 aromatic heterocycles. The summed E-state index contributed by atoms with van der Waals surface area (Å²) in [5, 5.41) is 17.1. The van der Waals surface area contributed by atoms with Crippen molar-refractivity contribution in [1.29, 1.82) is 0 Å². The number of aryl methyl sites for hydroxylation is 1. The molecule has 1 aliphatic rings. The zero-order valence-electron chi connectivity index (χ0n) is 19.5. The van der Waals surface area contributed by atoms with Crippen molar-refractivity contribution in [2.24, 2.45) is 0 Å².